The van der Waals surface area contributed by atoms with Gasteiger partial charge in [-0.1, -0.05) is 23.5 Å². The molecular weight excluding hydrogens is 334 g/mol. The van der Waals surface area contributed by atoms with Crippen LogP contribution in [0.1, 0.15) is 10.4 Å². The molecule has 0 bridgehead atoms. The standard InChI is InChI=1S/C15H11N3O3S2/c1-22-13-7-6-9(8-11(13)18(20)21)14(19)17-15-16-10-4-2-3-5-12(10)23-15/h2-8H,1H3,(H,16,17,19). The fourth-order valence-electron chi connectivity index (χ4n) is 2.07. The van der Waals surface area contributed by atoms with Crippen molar-refractivity contribution in [2.45, 2.75) is 4.90 Å². The van der Waals surface area contributed by atoms with E-state index in [-0.39, 0.29) is 11.3 Å². The van der Waals surface area contributed by atoms with E-state index < -0.39 is 10.8 Å². The number of aromatic nitrogens is 1. The summed E-state index contributed by atoms with van der Waals surface area (Å²) >= 11 is 2.62. The van der Waals surface area contributed by atoms with Crippen molar-refractivity contribution < 1.29 is 9.72 Å². The third-order valence-electron chi connectivity index (χ3n) is 3.15. The number of benzene rings is 2. The van der Waals surface area contributed by atoms with Crippen molar-refractivity contribution in [3.8, 4) is 0 Å². The lowest BCUT2D eigenvalue weighted by Crippen LogP contribution is -2.12. The minimum atomic E-state index is -0.486. The summed E-state index contributed by atoms with van der Waals surface area (Å²) in [5.74, 6) is -0.417. The number of thioether (sulfide) groups is 1. The lowest BCUT2D eigenvalue weighted by molar-refractivity contribution is -0.387. The lowest BCUT2D eigenvalue weighted by atomic mass is 10.2. The second kappa shape index (κ2) is 6.35. The van der Waals surface area contributed by atoms with Crippen molar-refractivity contribution in [3.63, 3.8) is 0 Å². The second-order valence-corrected chi connectivity index (χ2v) is 6.46. The fraction of sp³-hybridized carbons (Fsp3) is 0.0667. The van der Waals surface area contributed by atoms with Crippen molar-refractivity contribution in [1.29, 1.82) is 0 Å². The summed E-state index contributed by atoms with van der Waals surface area (Å²) in [6.45, 7) is 0. The molecule has 0 saturated carbocycles. The van der Waals surface area contributed by atoms with Gasteiger partial charge in [0.1, 0.15) is 0 Å². The highest BCUT2D eigenvalue weighted by atomic mass is 32.2. The molecular formula is C15H11N3O3S2. The SMILES string of the molecule is CSc1ccc(C(=O)Nc2nc3ccccc3s2)cc1[N+](=O)[O-]. The number of amides is 1. The first kappa shape index (κ1) is 15.4. The van der Waals surface area contributed by atoms with E-state index in [1.54, 1.807) is 18.4 Å². The van der Waals surface area contributed by atoms with Crippen LogP contribution in [0.3, 0.4) is 0 Å². The van der Waals surface area contributed by atoms with Crippen molar-refractivity contribution in [2.24, 2.45) is 0 Å². The fourth-order valence-corrected chi connectivity index (χ4v) is 3.48. The number of fused-ring (bicyclic) bond motifs is 1. The number of nitrogens with one attached hydrogen (secondary N) is 1. The zero-order valence-corrected chi connectivity index (χ0v) is 13.6. The number of carbonyl (C=O) groups excluding carboxylic acids is 1. The summed E-state index contributed by atoms with van der Waals surface area (Å²) in [6.07, 6.45) is 1.75. The summed E-state index contributed by atoms with van der Waals surface area (Å²) in [5.41, 5.74) is 0.958. The van der Waals surface area contributed by atoms with Gasteiger partial charge in [-0.25, -0.2) is 4.98 Å². The third kappa shape index (κ3) is 3.17. The highest BCUT2D eigenvalue weighted by molar-refractivity contribution is 7.98. The number of rotatable bonds is 4. The number of carbonyl (C=O) groups is 1. The van der Waals surface area contributed by atoms with E-state index in [0.29, 0.717) is 10.0 Å². The molecule has 3 aromatic rings. The van der Waals surface area contributed by atoms with Crippen LogP contribution in [0.5, 0.6) is 0 Å². The van der Waals surface area contributed by atoms with Gasteiger partial charge >= 0.3 is 0 Å². The van der Waals surface area contributed by atoms with Crippen LogP contribution in [0.25, 0.3) is 10.2 Å². The average Bonchev–Trinajstić information content (AvgIpc) is 2.96. The van der Waals surface area contributed by atoms with Crippen molar-refractivity contribution in [3.05, 3.63) is 58.1 Å². The Balaban J connectivity index is 1.88. The highest BCUT2D eigenvalue weighted by Crippen LogP contribution is 2.29. The van der Waals surface area contributed by atoms with Crippen molar-refractivity contribution in [1.82, 2.24) is 4.98 Å². The number of nitrogens with zero attached hydrogens (tertiary/aromatic N) is 2. The van der Waals surface area contributed by atoms with Crippen LogP contribution < -0.4 is 5.32 Å². The van der Waals surface area contributed by atoms with Crippen LogP contribution in [0.15, 0.2) is 47.4 Å². The van der Waals surface area contributed by atoms with Gasteiger partial charge in [0.05, 0.1) is 20.0 Å². The molecule has 1 N–H and O–H groups in total. The molecule has 1 amide bonds. The summed E-state index contributed by atoms with van der Waals surface area (Å²) < 4.78 is 0.964. The first-order chi connectivity index (χ1) is 11.1. The molecule has 8 heteroatoms. The minimum absolute atomic E-state index is 0.0746. The molecule has 116 valence electrons. The zero-order chi connectivity index (χ0) is 16.4. The van der Waals surface area contributed by atoms with Gasteiger partial charge < -0.3 is 0 Å². The van der Waals surface area contributed by atoms with Crippen LogP contribution in [0, 0.1) is 10.1 Å². The number of anilines is 1. The Morgan fingerprint density at radius 3 is 2.78 bits per heavy atom. The third-order valence-corrected chi connectivity index (χ3v) is 4.89. The smallest absolute Gasteiger partial charge is 0.283 e. The maximum atomic E-state index is 12.3. The largest absolute Gasteiger partial charge is 0.298 e. The number of hydrogen-bond acceptors (Lipinski definition) is 6. The molecule has 1 heterocycles. The summed E-state index contributed by atoms with van der Waals surface area (Å²) in [7, 11) is 0. The van der Waals surface area contributed by atoms with Crippen LogP contribution in [-0.4, -0.2) is 22.1 Å². The van der Waals surface area contributed by atoms with Gasteiger partial charge in [-0.3, -0.25) is 20.2 Å². The molecule has 2 aromatic carbocycles. The molecule has 0 radical (unpaired) electrons. The first-order valence-electron chi connectivity index (χ1n) is 6.58. The Labute approximate surface area is 139 Å². The van der Waals surface area contributed by atoms with Crippen molar-refractivity contribution in [2.75, 3.05) is 11.6 Å². The Morgan fingerprint density at radius 2 is 2.09 bits per heavy atom. The molecule has 23 heavy (non-hydrogen) atoms. The maximum absolute atomic E-state index is 12.3. The van der Waals surface area contributed by atoms with E-state index >= 15 is 0 Å². The molecule has 3 rings (SSSR count). The topological polar surface area (TPSA) is 85.1 Å². The molecule has 0 aliphatic carbocycles. The Morgan fingerprint density at radius 1 is 1.30 bits per heavy atom. The monoisotopic (exact) mass is 345 g/mol. The zero-order valence-electron chi connectivity index (χ0n) is 12.0. The average molecular weight is 345 g/mol. The summed E-state index contributed by atoms with van der Waals surface area (Å²) in [6, 6.07) is 12.0. The van der Waals surface area contributed by atoms with E-state index in [2.05, 4.69) is 10.3 Å². The molecule has 0 saturated heterocycles. The van der Waals surface area contributed by atoms with Gasteiger partial charge in [0.2, 0.25) is 0 Å². The number of hydrogen-bond donors (Lipinski definition) is 1. The molecule has 0 aliphatic rings. The molecule has 6 nitrogen and oxygen atoms in total. The predicted octanol–water partition coefficient (Wildman–Crippen LogP) is 4.18. The first-order valence-corrected chi connectivity index (χ1v) is 8.62. The Hall–Kier alpha value is -2.45. The van der Waals surface area contributed by atoms with E-state index in [9.17, 15) is 14.9 Å². The number of para-hydroxylation sites is 1. The normalized spacial score (nSPS) is 10.7. The van der Waals surface area contributed by atoms with Gasteiger partial charge in [-0.05, 0) is 30.5 Å². The second-order valence-electron chi connectivity index (χ2n) is 4.58. The van der Waals surface area contributed by atoms with Crippen LogP contribution in [0.4, 0.5) is 10.8 Å². The van der Waals surface area contributed by atoms with E-state index in [0.717, 1.165) is 10.2 Å². The molecule has 0 fully saturated rings. The number of nitro groups is 1. The Kier molecular flexibility index (Phi) is 4.26. The molecule has 0 aliphatic heterocycles. The predicted molar refractivity (Wildman–Crippen MR) is 92.5 cm³/mol. The van der Waals surface area contributed by atoms with Crippen LogP contribution in [0.2, 0.25) is 0 Å². The summed E-state index contributed by atoms with van der Waals surface area (Å²) in [4.78, 5) is 27.7. The van der Waals surface area contributed by atoms with Crippen molar-refractivity contribution >= 4 is 50.0 Å². The van der Waals surface area contributed by atoms with Gasteiger partial charge in [-0.15, -0.1) is 11.8 Å². The maximum Gasteiger partial charge on any atom is 0.283 e. The minimum Gasteiger partial charge on any atom is -0.298 e. The molecule has 0 spiro atoms. The molecule has 1 aromatic heterocycles. The molecule has 0 unspecified atom stereocenters. The number of nitro benzene ring substituents is 1. The Bertz CT molecular complexity index is 875. The number of thiazole rings is 1. The highest BCUT2D eigenvalue weighted by Gasteiger charge is 2.17. The van der Waals surface area contributed by atoms with E-state index in [4.69, 9.17) is 0 Å². The molecule has 0 atom stereocenters. The quantitative estimate of drug-likeness (QED) is 0.435. The van der Waals surface area contributed by atoms with E-state index in [1.165, 1.54) is 29.2 Å². The van der Waals surface area contributed by atoms with Crippen LogP contribution >= 0.6 is 23.1 Å². The summed E-state index contributed by atoms with van der Waals surface area (Å²) in [5, 5.41) is 14.2. The van der Waals surface area contributed by atoms with Gasteiger partial charge in [-0.2, -0.15) is 0 Å². The van der Waals surface area contributed by atoms with Gasteiger partial charge in [0.25, 0.3) is 11.6 Å². The lowest BCUT2D eigenvalue weighted by Gasteiger charge is -2.04. The van der Waals surface area contributed by atoms with E-state index in [1.807, 2.05) is 24.3 Å². The van der Waals surface area contributed by atoms with Gasteiger partial charge in [0.15, 0.2) is 5.13 Å². The van der Waals surface area contributed by atoms with Crippen LogP contribution in [-0.2, 0) is 0 Å². The van der Waals surface area contributed by atoms with Gasteiger partial charge in [0, 0.05) is 11.6 Å².